The van der Waals surface area contributed by atoms with Crippen LogP contribution in [0.3, 0.4) is 0 Å². The Labute approximate surface area is 152 Å². The van der Waals surface area contributed by atoms with Crippen molar-refractivity contribution >= 4 is 19.9 Å². The van der Waals surface area contributed by atoms with E-state index in [0.29, 0.717) is 5.75 Å². The van der Waals surface area contributed by atoms with Gasteiger partial charge in [0.1, 0.15) is 0 Å². The summed E-state index contributed by atoms with van der Waals surface area (Å²) < 4.78 is 4.95. The first kappa shape index (κ1) is 18.6. The van der Waals surface area contributed by atoms with E-state index >= 15 is 0 Å². The van der Waals surface area contributed by atoms with Crippen molar-refractivity contribution in [2.75, 3.05) is 7.11 Å². The topological polar surface area (TPSA) is 29.5 Å². The van der Waals surface area contributed by atoms with E-state index in [-0.39, 0.29) is 15.3 Å². The molecule has 25 heavy (non-hydrogen) atoms. The van der Waals surface area contributed by atoms with Gasteiger partial charge < -0.3 is 9.84 Å². The van der Waals surface area contributed by atoms with Gasteiger partial charge in [0.2, 0.25) is 0 Å². The van der Waals surface area contributed by atoms with Gasteiger partial charge in [0.25, 0.3) is 0 Å². The molecule has 2 nitrogen and oxygen atoms in total. The van der Waals surface area contributed by atoms with Crippen molar-refractivity contribution in [1.82, 2.24) is 0 Å². The predicted octanol–water partition coefficient (Wildman–Crippen LogP) is 2.94. The van der Waals surface area contributed by atoms with Crippen LogP contribution < -0.4 is 15.1 Å². The highest BCUT2D eigenvalue weighted by atomic mass is 28.2. The molecular weight excluding hydrogens is 324 g/mol. The molecule has 0 spiro atoms. The fourth-order valence-electron chi connectivity index (χ4n) is 2.44. The summed E-state index contributed by atoms with van der Waals surface area (Å²) in [6, 6.07) is 26.8. The molecule has 128 valence electrons. The van der Waals surface area contributed by atoms with Crippen LogP contribution in [0.2, 0.25) is 0 Å². The first-order chi connectivity index (χ1) is 12.2. The summed E-state index contributed by atoms with van der Waals surface area (Å²) in [6.07, 6.45) is 2.60. The Morgan fingerprint density at radius 3 is 1.96 bits per heavy atom. The predicted molar refractivity (Wildman–Crippen MR) is 109 cm³/mol. The second-order valence-electron chi connectivity index (χ2n) is 5.65. The Hall–Kier alpha value is -2.78. The molecule has 0 unspecified atom stereocenters. The monoisotopic (exact) mass is 348 g/mol. The SMILES string of the molecule is C=CCc1ccc(O)c(OC)c1.c1ccc([SiH2]c2ccccc2)cc1. The zero-order chi connectivity index (χ0) is 17.9. The number of hydrogen-bond donors (Lipinski definition) is 1. The molecule has 3 aromatic rings. The van der Waals surface area contributed by atoms with Crippen molar-refractivity contribution < 1.29 is 9.84 Å². The highest BCUT2D eigenvalue weighted by molar-refractivity contribution is 6.67. The first-order valence-corrected chi connectivity index (χ1v) is 9.69. The van der Waals surface area contributed by atoms with Crippen LogP contribution in [0.15, 0.2) is 91.5 Å². The lowest BCUT2D eigenvalue weighted by Crippen LogP contribution is -2.26. The number of aromatic hydroxyl groups is 1. The average Bonchev–Trinajstić information content (AvgIpc) is 2.66. The summed E-state index contributed by atoms with van der Waals surface area (Å²) in [7, 11) is 1.30. The van der Waals surface area contributed by atoms with E-state index in [2.05, 4.69) is 67.2 Å². The van der Waals surface area contributed by atoms with Crippen LogP contribution in [0.25, 0.3) is 0 Å². The second kappa shape index (κ2) is 10.2. The third kappa shape index (κ3) is 6.32. The van der Waals surface area contributed by atoms with Crippen molar-refractivity contribution in [3.63, 3.8) is 0 Å². The third-order valence-corrected chi connectivity index (χ3v) is 5.48. The molecule has 0 heterocycles. The van der Waals surface area contributed by atoms with Gasteiger partial charge in [-0.05, 0) is 24.1 Å². The Morgan fingerprint density at radius 1 is 0.920 bits per heavy atom. The number of rotatable bonds is 5. The maximum atomic E-state index is 9.25. The van der Waals surface area contributed by atoms with Gasteiger partial charge in [0.05, 0.1) is 16.6 Å². The minimum absolute atomic E-state index is 0.172. The molecule has 3 heteroatoms. The van der Waals surface area contributed by atoms with E-state index < -0.39 is 0 Å². The maximum absolute atomic E-state index is 9.25. The standard InChI is InChI=1S/C12H12Si.C10H12O2/c1-3-7-11(8-4-1)13-12-9-5-2-6-10-12;1-3-4-8-5-6-9(11)10(7-8)12-2/h1-10H,13H2;3,5-7,11H,1,4H2,2H3. The summed E-state index contributed by atoms with van der Waals surface area (Å²) in [4.78, 5) is 0. The Balaban J connectivity index is 0.000000181. The lowest BCUT2D eigenvalue weighted by Gasteiger charge is -2.04. The van der Waals surface area contributed by atoms with Gasteiger partial charge in [-0.3, -0.25) is 0 Å². The molecule has 0 aliphatic carbocycles. The second-order valence-corrected chi connectivity index (χ2v) is 7.63. The average molecular weight is 349 g/mol. The minimum atomic E-state index is -0.234. The molecule has 0 saturated heterocycles. The molecule has 0 saturated carbocycles. The number of methoxy groups -OCH3 is 1. The lowest BCUT2D eigenvalue weighted by molar-refractivity contribution is 0.373. The quantitative estimate of drug-likeness (QED) is 0.567. The summed E-state index contributed by atoms with van der Waals surface area (Å²) in [6.45, 7) is 3.63. The highest BCUT2D eigenvalue weighted by Gasteiger charge is 2.00. The van der Waals surface area contributed by atoms with Gasteiger partial charge in [-0.2, -0.15) is 0 Å². The Morgan fingerprint density at radius 2 is 1.48 bits per heavy atom. The molecule has 0 aromatic heterocycles. The zero-order valence-corrected chi connectivity index (χ0v) is 16.0. The number of phenolic OH excluding ortho intramolecular Hbond substituents is 1. The van der Waals surface area contributed by atoms with E-state index in [4.69, 9.17) is 4.74 Å². The Bertz CT molecular complexity index is 733. The molecule has 0 radical (unpaired) electrons. The van der Waals surface area contributed by atoms with Crippen LogP contribution >= 0.6 is 0 Å². The highest BCUT2D eigenvalue weighted by Crippen LogP contribution is 2.26. The van der Waals surface area contributed by atoms with E-state index in [1.165, 1.54) is 17.5 Å². The number of phenols is 1. The molecular formula is C22H24O2Si. The van der Waals surface area contributed by atoms with E-state index in [1.807, 2.05) is 12.1 Å². The smallest absolute Gasteiger partial charge is 0.160 e. The van der Waals surface area contributed by atoms with E-state index in [9.17, 15) is 5.11 Å². The fraction of sp³-hybridized carbons (Fsp3) is 0.0909. The molecule has 0 amide bonds. The van der Waals surface area contributed by atoms with Crippen LogP contribution in [-0.2, 0) is 6.42 Å². The van der Waals surface area contributed by atoms with E-state index in [0.717, 1.165) is 12.0 Å². The molecule has 0 bridgehead atoms. The fourth-order valence-corrected chi connectivity index (χ4v) is 3.93. The lowest BCUT2D eigenvalue weighted by atomic mass is 10.1. The van der Waals surface area contributed by atoms with Crippen molar-refractivity contribution in [3.8, 4) is 11.5 Å². The van der Waals surface area contributed by atoms with Crippen molar-refractivity contribution in [1.29, 1.82) is 0 Å². The molecule has 3 aromatic carbocycles. The molecule has 3 rings (SSSR count). The molecule has 0 atom stereocenters. The summed E-state index contributed by atoms with van der Waals surface area (Å²) in [5.41, 5.74) is 1.08. The van der Waals surface area contributed by atoms with Crippen LogP contribution in [0.1, 0.15) is 5.56 Å². The molecule has 1 N–H and O–H groups in total. The van der Waals surface area contributed by atoms with Crippen molar-refractivity contribution in [2.45, 2.75) is 6.42 Å². The van der Waals surface area contributed by atoms with Crippen molar-refractivity contribution in [3.05, 3.63) is 97.1 Å². The summed E-state index contributed by atoms with van der Waals surface area (Å²) >= 11 is 0. The third-order valence-electron chi connectivity index (χ3n) is 3.72. The number of ether oxygens (including phenoxy) is 1. The van der Waals surface area contributed by atoms with Crippen molar-refractivity contribution in [2.24, 2.45) is 0 Å². The minimum Gasteiger partial charge on any atom is -0.504 e. The van der Waals surface area contributed by atoms with E-state index in [1.54, 1.807) is 12.1 Å². The van der Waals surface area contributed by atoms with Crippen LogP contribution in [0.5, 0.6) is 11.5 Å². The molecule has 0 aliphatic rings. The van der Waals surface area contributed by atoms with Gasteiger partial charge in [-0.1, -0.05) is 83.2 Å². The number of benzene rings is 3. The van der Waals surface area contributed by atoms with Gasteiger partial charge in [-0.25, -0.2) is 0 Å². The number of hydrogen-bond acceptors (Lipinski definition) is 2. The van der Waals surface area contributed by atoms with Gasteiger partial charge in [-0.15, -0.1) is 6.58 Å². The number of allylic oxidation sites excluding steroid dienone is 1. The summed E-state index contributed by atoms with van der Waals surface area (Å²) in [5, 5.41) is 12.3. The van der Waals surface area contributed by atoms with Crippen LogP contribution in [0.4, 0.5) is 0 Å². The normalized spacial score (nSPS) is 9.64. The summed E-state index contributed by atoms with van der Waals surface area (Å²) in [5.74, 6) is 0.680. The first-order valence-electron chi connectivity index (χ1n) is 8.27. The zero-order valence-electron chi connectivity index (χ0n) is 14.6. The van der Waals surface area contributed by atoms with Gasteiger partial charge >= 0.3 is 0 Å². The molecule has 0 aliphatic heterocycles. The van der Waals surface area contributed by atoms with Crippen LogP contribution in [0, 0.1) is 0 Å². The molecule has 0 fully saturated rings. The Kier molecular flexibility index (Phi) is 7.54. The van der Waals surface area contributed by atoms with Gasteiger partial charge in [0.15, 0.2) is 11.5 Å². The maximum Gasteiger partial charge on any atom is 0.160 e. The largest absolute Gasteiger partial charge is 0.504 e. The van der Waals surface area contributed by atoms with Crippen LogP contribution in [-0.4, -0.2) is 21.7 Å². The van der Waals surface area contributed by atoms with Gasteiger partial charge in [0, 0.05) is 0 Å².